The van der Waals surface area contributed by atoms with Crippen LogP contribution >= 0.6 is 0 Å². The van der Waals surface area contributed by atoms with Crippen LogP contribution in [0.2, 0.25) is 0 Å². The highest BCUT2D eigenvalue weighted by atomic mass is 16.5. The summed E-state index contributed by atoms with van der Waals surface area (Å²) in [4.78, 5) is 0. The molecule has 0 saturated carbocycles. The predicted octanol–water partition coefficient (Wildman–Crippen LogP) is 2.55. The lowest BCUT2D eigenvalue weighted by atomic mass is 10.0. The van der Waals surface area contributed by atoms with E-state index in [1.807, 2.05) is 24.3 Å². The molecule has 2 rings (SSSR count). The van der Waals surface area contributed by atoms with Crippen LogP contribution < -0.4 is 4.74 Å². The summed E-state index contributed by atoms with van der Waals surface area (Å²) in [6, 6.07) is 7.68. The number of rotatable bonds is 4. The van der Waals surface area contributed by atoms with E-state index in [1.54, 1.807) is 6.92 Å². The van der Waals surface area contributed by atoms with Crippen LogP contribution in [0, 0.1) is 5.92 Å². The molecule has 17 heavy (non-hydrogen) atoms. The van der Waals surface area contributed by atoms with Gasteiger partial charge in [-0.25, -0.2) is 0 Å². The summed E-state index contributed by atoms with van der Waals surface area (Å²) in [5.74, 6) is 1.37. The second kappa shape index (κ2) is 6.03. The Labute approximate surface area is 102 Å². The Hall–Kier alpha value is -1.06. The third kappa shape index (κ3) is 3.45. The van der Waals surface area contributed by atoms with Gasteiger partial charge in [-0.15, -0.1) is 0 Å². The fraction of sp³-hybridized carbons (Fsp3) is 0.571. The Morgan fingerprint density at radius 2 is 2.06 bits per heavy atom. The number of para-hydroxylation sites is 1. The van der Waals surface area contributed by atoms with Crippen LogP contribution in [0.15, 0.2) is 24.3 Å². The van der Waals surface area contributed by atoms with E-state index in [4.69, 9.17) is 9.47 Å². The Morgan fingerprint density at radius 1 is 1.35 bits per heavy atom. The van der Waals surface area contributed by atoms with Gasteiger partial charge >= 0.3 is 0 Å². The van der Waals surface area contributed by atoms with E-state index in [-0.39, 0.29) is 0 Å². The van der Waals surface area contributed by atoms with E-state index in [0.29, 0.717) is 12.5 Å². The van der Waals surface area contributed by atoms with Crippen LogP contribution in [0.4, 0.5) is 0 Å². The quantitative estimate of drug-likeness (QED) is 0.873. The van der Waals surface area contributed by atoms with Crippen LogP contribution in [-0.4, -0.2) is 24.9 Å². The van der Waals surface area contributed by atoms with E-state index >= 15 is 0 Å². The van der Waals surface area contributed by atoms with Crippen LogP contribution in [0.5, 0.6) is 5.75 Å². The second-order valence-electron chi connectivity index (χ2n) is 4.58. The van der Waals surface area contributed by atoms with Gasteiger partial charge in [-0.2, -0.15) is 0 Å². The molecule has 0 aromatic heterocycles. The third-order valence-electron chi connectivity index (χ3n) is 3.18. The first-order valence-corrected chi connectivity index (χ1v) is 6.25. The minimum atomic E-state index is -0.485. The first kappa shape index (κ1) is 12.4. The van der Waals surface area contributed by atoms with Crippen molar-refractivity contribution < 1.29 is 14.6 Å². The van der Waals surface area contributed by atoms with Crippen molar-refractivity contribution in [2.24, 2.45) is 5.92 Å². The maximum absolute atomic E-state index is 9.64. The fourth-order valence-corrected chi connectivity index (χ4v) is 2.08. The molecule has 1 aromatic carbocycles. The normalized spacial score (nSPS) is 18.9. The van der Waals surface area contributed by atoms with Gasteiger partial charge in [0.1, 0.15) is 5.75 Å². The highest BCUT2D eigenvalue weighted by Gasteiger charge is 2.15. The number of aliphatic hydroxyl groups is 1. The topological polar surface area (TPSA) is 38.7 Å². The zero-order chi connectivity index (χ0) is 12.1. The average molecular weight is 236 g/mol. The van der Waals surface area contributed by atoms with E-state index in [2.05, 4.69) is 0 Å². The third-order valence-corrected chi connectivity index (χ3v) is 3.18. The fourth-order valence-electron chi connectivity index (χ4n) is 2.08. The van der Waals surface area contributed by atoms with Gasteiger partial charge in [-0.05, 0) is 31.7 Å². The molecule has 0 spiro atoms. The first-order valence-electron chi connectivity index (χ1n) is 6.25. The minimum absolute atomic E-state index is 0.485. The molecule has 1 aromatic rings. The highest BCUT2D eigenvalue weighted by molar-refractivity contribution is 5.34. The Bertz CT molecular complexity index is 343. The highest BCUT2D eigenvalue weighted by Crippen LogP contribution is 2.26. The molecule has 0 aliphatic carbocycles. The molecule has 0 bridgehead atoms. The monoisotopic (exact) mass is 236 g/mol. The molecule has 3 nitrogen and oxygen atoms in total. The molecule has 94 valence electrons. The molecule has 1 unspecified atom stereocenters. The number of hydrogen-bond donors (Lipinski definition) is 1. The van der Waals surface area contributed by atoms with Gasteiger partial charge in [0.25, 0.3) is 0 Å². The molecule has 0 radical (unpaired) electrons. The van der Waals surface area contributed by atoms with Crippen molar-refractivity contribution in [2.45, 2.75) is 25.9 Å². The zero-order valence-corrected chi connectivity index (χ0v) is 10.3. The molecular formula is C14H20O3. The molecule has 1 heterocycles. The molecular weight excluding hydrogens is 216 g/mol. The summed E-state index contributed by atoms with van der Waals surface area (Å²) in [5.41, 5.74) is 0.861. The summed E-state index contributed by atoms with van der Waals surface area (Å²) in [7, 11) is 0. The van der Waals surface area contributed by atoms with E-state index in [1.165, 1.54) is 0 Å². The lowest BCUT2D eigenvalue weighted by molar-refractivity contribution is 0.0491. The van der Waals surface area contributed by atoms with Crippen molar-refractivity contribution in [3.05, 3.63) is 29.8 Å². The smallest absolute Gasteiger partial charge is 0.125 e. The molecule has 1 aliphatic heterocycles. The van der Waals surface area contributed by atoms with Gasteiger partial charge in [0, 0.05) is 18.8 Å². The summed E-state index contributed by atoms with van der Waals surface area (Å²) >= 11 is 0. The van der Waals surface area contributed by atoms with Gasteiger partial charge in [0.15, 0.2) is 0 Å². The van der Waals surface area contributed by atoms with E-state index < -0.39 is 6.10 Å². The minimum Gasteiger partial charge on any atom is -0.493 e. The van der Waals surface area contributed by atoms with Gasteiger partial charge in [0.05, 0.1) is 12.7 Å². The summed E-state index contributed by atoms with van der Waals surface area (Å²) in [5, 5.41) is 9.64. The Kier molecular flexibility index (Phi) is 4.40. The lowest BCUT2D eigenvalue weighted by Gasteiger charge is -2.23. The number of benzene rings is 1. The number of ether oxygens (including phenoxy) is 2. The zero-order valence-electron chi connectivity index (χ0n) is 10.3. The van der Waals surface area contributed by atoms with Crippen molar-refractivity contribution in [3.8, 4) is 5.75 Å². The Balaban J connectivity index is 1.93. The maximum Gasteiger partial charge on any atom is 0.125 e. The molecule has 1 saturated heterocycles. The average Bonchev–Trinajstić information content (AvgIpc) is 2.38. The van der Waals surface area contributed by atoms with Crippen LogP contribution in [0.3, 0.4) is 0 Å². The first-order chi connectivity index (χ1) is 8.27. The predicted molar refractivity (Wildman–Crippen MR) is 66.1 cm³/mol. The number of aliphatic hydroxyl groups excluding tert-OH is 1. The van der Waals surface area contributed by atoms with Crippen molar-refractivity contribution in [2.75, 3.05) is 19.8 Å². The summed E-state index contributed by atoms with van der Waals surface area (Å²) < 4.78 is 11.1. The standard InChI is InChI=1S/C14H20O3/c1-11(15)13-4-2-3-5-14(13)17-10-12-6-8-16-9-7-12/h2-5,11-12,15H,6-10H2,1H3. The van der Waals surface area contributed by atoms with Gasteiger partial charge in [-0.3, -0.25) is 0 Å². The van der Waals surface area contributed by atoms with Crippen molar-refractivity contribution >= 4 is 0 Å². The number of hydrogen-bond acceptors (Lipinski definition) is 3. The van der Waals surface area contributed by atoms with Crippen LogP contribution in [-0.2, 0) is 4.74 Å². The van der Waals surface area contributed by atoms with Gasteiger partial charge < -0.3 is 14.6 Å². The van der Waals surface area contributed by atoms with Gasteiger partial charge in [-0.1, -0.05) is 18.2 Å². The summed E-state index contributed by atoms with van der Waals surface area (Å²) in [6.45, 7) is 4.15. The molecule has 1 N–H and O–H groups in total. The second-order valence-corrected chi connectivity index (χ2v) is 4.58. The van der Waals surface area contributed by atoms with Crippen LogP contribution in [0.25, 0.3) is 0 Å². The molecule has 1 fully saturated rings. The van der Waals surface area contributed by atoms with Crippen LogP contribution in [0.1, 0.15) is 31.4 Å². The van der Waals surface area contributed by atoms with Crippen molar-refractivity contribution in [1.82, 2.24) is 0 Å². The van der Waals surface area contributed by atoms with E-state index in [9.17, 15) is 5.11 Å². The largest absolute Gasteiger partial charge is 0.493 e. The Morgan fingerprint density at radius 3 is 2.76 bits per heavy atom. The van der Waals surface area contributed by atoms with Gasteiger partial charge in [0.2, 0.25) is 0 Å². The lowest BCUT2D eigenvalue weighted by Crippen LogP contribution is -2.21. The summed E-state index contributed by atoms with van der Waals surface area (Å²) in [6.07, 6.45) is 1.65. The molecule has 0 amide bonds. The molecule has 1 atom stereocenters. The SMILES string of the molecule is CC(O)c1ccccc1OCC1CCOCC1. The molecule has 3 heteroatoms. The van der Waals surface area contributed by atoms with Crippen molar-refractivity contribution in [3.63, 3.8) is 0 Å². The molecule has 1 aliphatic rings. The maximum atomic E-state index is 9.64. The van der Waals surface area contributed by atoms with E-state index in [0.717, 1.165) is 37.4 Å². The van der Waals surface area contributed by atoms with Crippen molar-refractivity contribution in [1.29, 1.82) is 0 Å².